The van der Waals surface area contributed by atoms with E-state index in [0.717, 1.165) is 4.31 Å². The molecule has 13 heteroatoms. The number of nitrogens with one attached hydrogen (secondary N) is 2. The third-order valence-electron chi connectivity index (χ3n) is 5.74. The molecule has 0 saturated carbocycles. The second-order valence-electron chi connectivity index (χ2n) is 9.16. The second-order valence-corrected chi connectivity index (χ2v) is 11.1. The van der Waals surface area contributed by atoms with Gasteiger partial charge >= 0.3 is 6.09 Å². The summed E-state index contributed by atoms with van der Waals surface area (Å²) in [5.41, 5.74) is 0.670. The average molecular weight is 552 g/mol. The zero-order chi connectivity index (χ0) is 27.9. The van der Waals surface area contributed by atoms with Crippen LogP contribution in [0.5, 0.6) is 17.2 Å². The van der Waals surface area contributed by atoms with E-state index in [1.54, 1.807) is 24.3 Å². The number of fused-ring (bicyclic) bond motifs is 1. The molecule has 2 aromatic rings. The molecule has 3 rings (SSSR count). The number of aliphatic hydroxyl groups is 1. The summed E-state index contributed by atoms with van der Waals surface area (Å²) in [4.78, 5) is 22.8. The van der Waals surface area contributed by atoms with E-state index in [-0.39, 0.29) is 49.6 Å². The predicted molar refractivity (Wildman–Crippen MR) is 137 cm³/mol. The van der Waals surface area contributed by atoms with Crippen LogP contribution in [0.2, 0.25) is 0 Å². The van der Waals surface area contributed by atoms with E-state index in [2.05, 4.69) is 10.6 Å². The number of likely N-dealkylation sites (N-methyl/N-ethyl adjacent to an activating group) is 1. The van der Waals surface area contributed by atoms with Crippen LogP contribution in [-0.2, 0) is 21.2 Å². The number of aliphatic hydroxyl groups excluding tert-OH is 1. The molecule has 208 valence electrons. The number of carboxylic acid groups (broad SMARTS) is 1. The van der Waals surface area contributed by atoms with Gasteiger partial charge in [0.05, 0.1) is 17.0 Å². The van der Waals surface area contributed by atoms with Crippen LogP contribution in [0.25, 0.3) is 0 Å². The van der Waals surface area contributed by atoms with E-state index in [1.165, 1.54) is 25.2 Å². The molecule has 38 heavy (non-hydrogen) atoms. The molecule has 12 nitrogen and oxygen atoms in total. The lowest BCUT2D eigenvalue weighted by Crippen LogP contribution is -2.50. The third-order valence-corrected chi connectivity index (χ3v) is 7.57. The Morgan fingerprint density at radius 3 is 2.39 bits per heavy atom. The molecule has 0 radical (unpaired) electrons. The van der Waals surface area contributed by atoms with Crippen LogP contribution in [0, 0.1) is 5.92 Å². The molecule has 0 bridgehead atoms. The Kier molecular flexibility index (Phi) is 9.78. The molecule has 2 aromatic carbocycles. The maximum absolute atomic E-state index is 13.5. The zero-order valence-electron chi connectivity index (χ0n) is 21.4. The largest absolute Gasteiger partial charge is 0.484 e. The first-order chi connectivity index (χ1) is 18.0. The van der Waals surface area contributed by atoms with Crippen molar-refractivity contribution in [3.63, 3.8) is 0 Å². The number of ether oxygens (including phenoxy) is 3. The molecule has 0 aromatic heterocycles. The minimum Gasteiger partial charge on any atom is -0.484 e. The van der Waals surface area contributed by atoms with Gasteiger partial charge < -0.3 is 35.1 Å². The molecule has 2 amide bonds. The van der Waals surface area contributed by atoms with Gasteiger partial charge in [-0.1, -0.05) is 26.0 Å². The van der Waals surface area contributed by atoms with Crippen molar-refractivity contribution in [2.45, 2.75) is 37.3 Å². The summed E-state index contributed by atoms with van der Waals surface area (Å²) in [6.07, 6.45) is -2.63. The standard InChI is InChI=1S/C25H33N3O9S/c1-16(2)12-28(38(33,34)19-8-9-22-23(11-19)37-15-36-22)13-21(29)20(27-25(31)32)10-17-4-6-18(7-5-17)35-14-24(30)26-3/h4-9,11,16,20-21,27,29H,10,12-15H2,1-3H3,(H,26,30)(H,31,32)/t20-,21+/m0/s1. The molecular formula is C25H33N3O9S. The Morgan fingerprint density at radius 2 is 1.76 bits per heavy atom. The summed E-state index contributed by atoms with van der Waals surface area (Å²) >= 11 is 0. The topological polar surface area (TPSA) is 164 Å². The van der Waals surface area contributed by atoms with E-state index in [1.807, 2.05) is 13.8 Å². The van der Waals surface area contributed by atoms with E-state index >= 15 is 0 Å². The lowest BCUT2D eigenvalue weighted by molar-refractivity contribution is -0.122. The van der Waals surface area contributed by atoms with Gasteiger partial charge in [-0.3, -0.25) is 4.79 Å². The predicted octanol–water partition coefficient (Wildman–Crippen LogP) is 1.43. The Balaban J connectivity index is 1.77. The molecule has 1 aliphatic heterocycles. The van der Waals surface area contributed by atoms with Gasteiger partial charge in [-0.2, -0.15) is 4.31 Å². The van der Waals surface area contributed by atoms with Gasteiger partial charge in [-0.15, -0.1) is 0 Å². The highest BCUT2D eigenvalue weighted by atomic mass is 32.2. The fraction of sp³-hybridized carbons (Fsp3) is 0.440. The molecule has 0 aliphatic carbocycles. The first-order valence-electron chi connectivity index (χ1n) is 12.0. The van der Waals surface area contributed by atoms with Gasteiger partial charge in [0.25, 0.3) is 5.91 Å². The summed E-state index contributed by atoms with van der Waals surface area (Å²) in [5.74, 6) is 0.835. The van der Waals surface area contributed by atoms with Crippen molar-refractivity contribution < 1.29 is 42.4 Å². The fourth-order valence-corrected chi connectivity index (χ4v) is 5.48. The van der Waals surface area contributed by atoms with Gasteiger partial charge in [0.2, 0.25) is 16.8 Å². The molecule has 0 spiro atoms. The van der Waals surface area contributed by atoms with Gasteiger partial charge in [0, 0.05) is 26.2 Å². The van der Waals surface area contributed by atoms with Crippen LogP contribution in [0.3, 0.4) is 0 Å². The quantitative estimate of drug-likeness (QED) is 0.288. The van der Waals surface area contributed by atoms with E-state index < -0.39 is 28.3 Å². The van der Waals surface area contributed by atoms with E-state index in [0.29, 0.717) is 22.8 Å². The molecule has 2 atom stereocenters. The Bertz CT molecular complexity index is 1220. The maximum Gasteiger partial charge on any atom is 0.404 e. The minimum atomic E-state index is -4.06. The number of amides is 2. The fourth-order valence-electron chi connectivity index (χ4n) is 3.84. The van der Waals surface area contributed by atoms with Crippen molar-refractivity contribution in [1.29, 1.82) is 0 Å². The third kappa shape index (κ3) is 7.73. The Morgan fingerprint density at radius 1 is 1.08 bits per heavy atom. The highest BCUT2D eigenvalue weighted by Crippen LogP contribution is 2.34. The summed E-state index contributed by atoms with van der Waals surface area (Å²) in [6, 6.07) is 9.88. The smallest absolute Gasteiger partial charge is 0.404 e. The normalized spacial score (nSPS) is 14.3. The van der Waals surface area contributed by atoms with Gasteiger partial charge in [-0.25, -0.2) is 13.2 Å². The number of carbonyl (C=O) groups is 2. The van der Waals surface area contributed by atoms with E-state index in [9.17, 15) is 28.2 Å². The van der Waals surface area contributed by atoms with Gasteiger partial charge in [0.15, 0.2) is 18.1 Å². The molecule has 0 fully saturated rings. The first-order valence-corrected chi connectivity index (χ1v) is 13.4. The van der Waals surface area contributed by atoms with Crippen LogP contribution in [0.15, 0.2) is 47.4 Å². The first kappa shape index (κ1) is 29.0. The van der Waals surface area contributed by atoms with Crippen LogP contribution in [0.4, 0.5) is 4.79 Å². The number of sulfonamides is 1. The van der Waals surface area contributed by atoms with Crippen molar-refractivity contribution in [2.24, 2.45) is 5.92 Å². The lowest BCUT2D eigenvalue weighted by Gasteiger charge is -2.30. The van der Waals surface area contributed by atoms with Crippen LogP contribution in [-0.4, -0.2) is 80.6 Å². The Labute approximate surface area is 221 Å². The highest BCUT2D eigenvalue weighted by molar-refractivity contribution is 7.89. The van der Waals surface area contributed by atoms with Crippen LogP contribution in [0.1, 0.15) is 19.4 Å². The van der Waals surface area contributed by atoms with Crippen molar-refractivity contribution in [2.75, 3.05) is 33.5 Å². The molecular weight excluding hydrogens is 518 g/mol. The lowest BCUT2D eigenvalue weighted by atomic mass is 10.0. The van der Waals surface area contributed by atoms with Crippen molar-refractivity contribution >= 4 is 22.0 Å². The van der Waals surface area contributed by atoms with Crippen molar-refractivity contribution in [3.8, 4) is 17.2 Å². The second kappa shape index (κ2) is 12.8. The van der Waals surface area contributed by atoms with Gasteiger partial charge in [-0.05, 0) is 42.2 Å². The number of hydrogen-bond donors (Lipinski definition) is 4. The summed E-state index contributed by atoms with van der Waals surface area (Å²) in [5, 5.41) is 25.2. The Hall–Kier alpha value is -3.55. The van der Waals surface area contributed by atoms with Crippen molar-refractivity contribution in [1.82, 2.24) is 14.9 Å². The monoisotopic (exact) mass is 551 g/mol. The highest BCUT2D eigenvalue weighted by Gasteiger charge is 2.32. The molecule has 0 unspecified atom stereocenters. The number of hydrogen-bond acceptors (Lipinski definition) is 8. The number of carbonyl (C=O) groups excluding carboxylic acids is 1. The summed E-state index contributed by atoms with van der Waals surface area (Å²) in [6.45, 7) is 3.29. The number of nitrogens with zero attached hydrogens (tertiary/aromatic N) is 1. The van der Waals surface area contributed by atoms with Crippen LogP contribution >= 0.6 is 0 Å². The average Bonchev–Trinajstić information content (AvgIpc) is 3.34. The van der Waals surface area contributed by atoms with Crippen LogP contribution < -0.4 is 24.8 Å². The maximum atomic E-state index is 13.5. The number of benzene rings is 2. The summed E-state index contributed by atoms with van der Waals surface area (Å²) < 4.78 is 44.1. The zero-order valence-corrected chi connectivity index (χ0v) is 22.2. The minimum absolute atomic E-state index is 0.00301. The molecule has 1 heterocycles. The SMILES string of the molecule is CNC(=O)COc1ccc(C[C@H](NC(=O)O)[C@H](O)CN(CC(C)C)S(=O)(=O)c2ccc3c(c2)OCO3)cc1. The van der Waals surface area contributed by atoms with Crippen molar-refractivity contribution in [3.05, 3.63) is 48.0 Å². The summed E-state index contributed by atoms with van der Waals surface area (Å²) in [7, 11) is -2.56. The molecule has 1 aliphatic rings. The molecule has 0 saturated heterocycles. The number of rotatable bonds is 13. The van der Waals surface area contributed by atoms with Gasteiger partial charge in [0.1, 0.15) is 5.75 Å². The van der Waals surface area contributed by atoms with E-state index in [4.69, 9.17) is 14.2 Å². The molecule has 4 N–H and O–H groups in total.